The monoisotopic (exact) mass is 506 g/mol. The third kappa shape index (κ3) is 4.87. The van der Waals surface area contributed by atoms with Crippen LogP contribution in [0.1, 0.15) is 47.7 Å². The number of carboxylic acids is 1. The maximum Gasteiger partial charge on any atom is 0.243 e. The Kier molecular flexibility index (Phi) is 6.92. The van der Waals surface area contributed by atoms with E-state index in [9.17, 15) is 14.7 Å². The van der Waals surface area contributed by atoms with Crippen LogP contribution in [0.4, 0.5) is 0 Å². The third-order valence-electron chi connectivity index (χ3n) is 6.88. The van der Waals surface area contributed by atoms with Crippen molar-refractivity contribution < 1.29 is 19.4 Å². The molecule has 0 unspecified atom stereocenters. The number of benzene rings is 3. The van der Waals surface area contributed by atoms with Crippen molar-refractivity contribution in [2.45, 2.75) is 39.2 Å². The van der Waals surface area contributed by atoms with Crippen LogP contribution in [0, 0.1) is 13.8 Å². The van der Waals surface area contributed by atoms with Crippen molar-refractivity contribution in [3.63, 3.8) is 0 Å². The molecule has 0 bridgehead atoms. The van der Waals surface area contributed by atoms with Gasteiger partial charge in [0.05, 0.1) is 24.4 Å². The minimum atomic E-state index is -1.26. The lowest BCUT2D eigenvalue weighted by molar-refractivity contribution is -0.305. The molecule has 0 aliphatic carbocycles. The molecule has 0 spiro atoms. The summed E-state index contributed by atoms with van der Waals surface area (Å²) < 4.78 is 5.30. The van der Waals surface area contributed by atoms with Crippen LogP contribution in [0.5, 0.6) is 5.75 Å². The van der Waals surface area contributed by atoms with Crippen LogP contribution < -0.4 is 9.84 Å². The van der Waals surface area contributed by atoms with Crippen molar-refractivity contribution >= 4 is 28.5 Å². The molecule has 7 heteroatoms. The zero-order valence-corrected chi connectivity index (χ0v) is 21.6. The van der Waals surface area contributed by atoms with E-state index in [1.54, 1.807) is 7.11 Å². The second-order valence-corrected chi connectivity index (χ2v) is 9.48. The average Bonchev–Trinajstić information content (AvgIpc) is 3.37. The second-order valence-electron chi connectivity index (χ2n) is 9.48. The largest absolute Gasteiger partial charge is 0.550 e. The van der Waals surface area contributed by atoms with Crippen molar-refractivity contribution in [1.29, 1.82) is 0 Å². The molecule has 0 saturated heterocycles. The highest BCUT2D eigenvalue weighted by Crippen LogP contribution is 2.40. The number of hydrogen-bond acceptors (Lipinski definition) is 6. The predicted molar refractivity (Wildman–Crippen MR) is 145 cm³/mol. The number of aryl methyl sites for hydroxylation is 2. The van der Waals surface area contributed by atoms with Gasteiger partial charge in [-0.3, -0.25) is 9.78 Å². The molecule has 192 valence electrons. The zero-order valence-electron chi connectivity index (χ0n) is 21.6. The first-order valence-corrected chi connectivity index (χ1v) is 12.6. The maximum atomic E-state index is 13.2. The van der Waals surface area contributed by atoms with Crippen LogP contribution in [0.3, 0.4) is 0 Å². The first-order chi connectivity index (χ1) is 18.4. The van der Waals surface area contributed by atoms with Crippen molar-refractivity contribution in [2.24, 2.45) is 5.10 Å². The Hall–Kier alpha value is -4.52. The number of carbonyl (C=O) groups is 2. The first-order valence-electron chi connectivity index (χ1n) is 12.6. The number of carboxylic acid groups (broad SMARTS) is 1. The summed E-state index contributed by atoms with van der Waals surface area (Å²) >= 11 is 0. The van der Waals surface area contributed by atoms with E-state index in [2.05, 4.69) is 25.1 Å². The molecule has 0 N–H and O–H groups in total. The Bertz CT molecular complexity index is 1550. The first kappa shape index (κ1) is 25.1. The van der Waals surface area contributed by atoms with Crippen molar-refractivity contribution in [1.82, 2.24) is 9.99 Å². The smallest absolute Gasteiger partial charge is 0.243 e. The molecular formula is C31H28N3O4-. The van der Waals surface area contributed by atoms with Gasteiger partial charge < -0.3 is 14.6 Å². The maximum absolute atomic E-state index is 13.2. The van der Waals surface area contributed by atoms with Crippen LogP contribution >= 0.6 is 0 Å². The van der Waals surface area contributed by atoms with Crippen LogP contribution in [0.15, 0.2) is 77.9 Å². The van der Waals surface area contributed by atoms with E-state index in [0.717, 1.165) is 50.1 Å². The standard InChI is InChI=1S/C31H29N3O4/c1-19-9-14-25-24(17-19)31(22-7-5-4-6-8-22)30(20(2)32-25)26-18-27(21-10-12-23(38-3)13-11-21)34(33-26)28(35)15-16-29(36)37/h4-14,17,27H,15-16,18H2,1-3H3,(H,36,37)/p-1/t27-/m1/s1. The van der Waals surface area contributed by atoms with Crippen molar-refractivity contribution in [2.75, 3.05) is 7.11 Å². The Labute approximate surface area is 221 Å². The van der Waals surface area contributed by atoms with Gasteiger partial charge in [-0.2, -0.15) is 5.10 Å². The van der Waals surface area contributed by atoms with Crippen LogP contribution in [-0.4, -0.2) is 34.7 Å². The Morgan fingerprint density at radius 2 is 1.71 bits per heavy atom. The number of ether oxygens (including phenoxy) is 1. The lowest BCUT2D eigenvalue weighted by Gasteiger charge is -2.22. The highest BCUT2D eigenvalue weighted by molar-refractivity contribution is 6.14. The van der Waals surface area contributed by atoms with E-state index < -0.39 is 5.97 Å². The number of amides is 1. The molecule has 1 aliphatic heterocycles. The minimum absolute atomic E-state index is 0.189. The summed E-state index contributed by atoms with van der Waals surface area (Å²) in [6.45, 7) is 4.02. The Morgan fingerprint density at radius 3 is 2.39 bits per heavy atom. The Balaban J connectivity index is 1.67. The molecule has 1 atom stereocenters. The highest BCUT2D eigenvalue weighted by Gasteiger charge is 2.35. The molecule has 2 heterocycles. The number of rotatable bonds is 7. The van der Waals surface area contributed by atoms with Crippen molar-refractivity contribution in [3.05, 3.63) is 95.2 Å². The lowest BCUT2D eigenvalue weighted by Crippen LogP contribution is -2.29. The number of aliphatic carboxylic acids is 1. The number of pyridine rings is 1. The van der Waals surface area contributed by atoms with Gasteiger partial charge in [-0.15, -0.1) is 0 Å². The fraction of sp³-hybridized carbons (Fsp3) is 0.226. The van der Waals surface area contributed by atoms with Crippen molar-refractivity contribution in [3.8, 4) is 16.9 Å². The second kappa shape index (κ2) is 10.5. The number of hydrazone groups is 1. The van der Waals surface area contributed by atoms with Gasteiger partial charge in [0.1, 0.15) is 5.75 Å². The quantitative estimate of drug-likeness (QED) is 0.361. The van der Waals surface area contributed by atoms with Gasteiger partial charge in [0.25, 0.3) is 0 Å². The van der Waals surface area contributed by atoms with E-state index in [1.807, 2.05) is 61.5 Å². The Morgan fingerprint density at radius 1 is 0.974 bits per heavy atom. The molecule has 38 heavy (non-hydrogen) atoms. The molecule has 1 aliphatic rings. The summed E-state index contributed by atoms with van der Waals surface area (Å²) in [6, 6.07) is 23.5. The van der Waals surface area contributed by atoms with Crippen LogP contribution in [0.25, 0.3) is 22.0 Å². The highest BCUT2D eigenvalue weighted by atomic mass is 16.5. The van der Waals surface area contributed by atoms with Gasteiger partial charge in [0.15, 0.2) is 0 Å². The molecular weight excluding hydrogens is 478 g/mol. The molecule has 0 fully saturated rings. The van der Waals surface area contributed by atoms with E-state index >= 15 is 0 Å². The van der Waals surface area contributed by atoms with Crippen LogP contribution in [0.2, 0.25) is 0 Å². The molecule has 1 aromatic heterocycles. The van der Waals surface area contributed by atoms with E-state index in [-0.39, 0.29) is 24.8 Å². The molecule has 0 radical (unpaired) electrons. The summed E-state index contributed by atoms with van der Waals surface area (Å²) in [7, 11) is 1.60. The number of nitrogens with zero attached hydrogens (tertiary/aromatic N) is 3. The van der Waals surface area contributed by atoms with Gasteiger partial charge in [0.2, 0.25) is 5.91 Å². The minimum Gasteiger partial charge on any atom is -0.550 e. The summed E-state index contributed by atoms with van der Waals surface area (Å²) in [5.74, 6) is -0.924. The lowest BCUT2D eigenvalue weighted by atomic mass is 9.89. The van der Waals surface area contributed by atoms with E-state index in [4.69, 9.17) is 14.8 Å². The normalized spacial score (nSPS) is 15.0. The number of aromatic nitrogens is 1. The van der Waals surface area contributed by atoms with Gasteiger partial charge in [0, 0.05) is 41.0 Å². The predicted octanol–water partition coefficient (Wildman–Crippen LogP) is 4.74. The summed E-state index contributed by atoms with van der Waals surface area (Å²) in [5.41, 5.74) is 7.40. The van der Waals surface area contributed by atoms with Gasteiger partial charge in [-0.25, -0.2) is 5.01 Å². The number of fused-ring (bicyclic) bond motifs is 1. The zero-order chi connectivity index (χ0) is 26.8. The molecule has 0 saturated carbocycles. The van der Waals surface area contributed by atoms with E-state index in [1.165, 1.54) is 5.01 Å². The molecule has 7 nitrogen and oxygen atoms in total. The summed E-state index contributed by atoms with van der Waals surface area (Å²) in [5, 5.41) is 18.4. The SMILES string of the molecule is COc1ccc([C@H]2CC(c3c(C)nc4ccc(C)cc4c3-c3ccccc3)=NN2C(=O)CCC(=O)[O-])cc1. The number of methoxy groups -OCH3 is 1. The average molecular weight is 507 g/mol. The topological polar surface area (TPSA) is 94.9 Å². The number of carbonyl (C=O) groups excluding carboxylic acids is 2. The summed E-state index contributed by atoms with van der Waals surface area (Å²) in [6.07, 6.45) is -0.0882. The van der Waals surface area contributed by atoms with Gasteiger partial charge >= 0.3 is 0 Å². The van der Waals surface area contributed by atoms with Crippen LogP contribution in [-0.2, 0) is 9.59 Å². The van der Waals surface area contributed by atoms with Gasteiger partial charge in [-0.05, 0) is 55.7 Å². The number of hydrogen-bond donors (Lipinski definition) is 0. The molecule has 1 amide bonds. The molecule has 5 rings (SSSR count). The van der Waals surface area contributed by atoms with Gasteiger partial charge in [-0.1, -0.05) is 54.1 Å². The summed E-state index contributed by atoms with van der Waals surface area (Å²) in [4.78, 5) is 29.2. The fourth-order valence-electron chi connectivity index (χ4n) is 5.06. The molecule has 3 aromatic carbocycles. The molecule has 4 aromatic rings. The third-order valence-corrected chi connectivity index (χ3v) is 6.88. The van der Waals surface area contributed by atoms with E-state index in [0.29, 0.717) is 12.2 Å². The fourth-order valence-corrected chi connectivity index (χ4v) is 5.06.